The predicted octanol–water partition coefficient (Wildman–Crippen LogP) is 1.94. The summed E-state index contributed by atoms with van der Waals surface area (Å²) in [6.07, 6.45) is 1.14. The van der Waals surface area contributed by atoms with Crippen LogP contribution in [0.1, 0.15) is 31.8 Å². The van der Waals surface area contributed by atoms with Crippen LogP contribution in [0.4, 0.5) is 5.82 Å². The number of nitrogens with one attached hydrogen (secondary N) is 1. The smallest absolute Gasteiger partial charge is 0.144 e. The summed E-state index contributed by atoms with van der Waals surface area (Å²) in [4.78, 5) is 8.74. The second-order valence-electron chi connectivity index (χ2n) is 3.77. The van der Waals surface area contributed by atoms with Gasteiger partial charge in [0.1, 0.15) is 11.6 Å². The summed E-state index contributed by atoms with van der Waals surface area (Å²) in [5.74, 6) is 7.59. The van der Waals surface area contributed by atoms with Gasteiger partial charge < -0.3 is 10.2 Å². The van der Waals surface area contributed by atoms with E-state index >= 15 is 0 Å². The van der Waals surface area contributed by atoms with Crippen LogP contribution in [-0.4, -0.2) is 22.3 Å². The van der Waals surface area contributed by atoms with Gasteiger partial charge in [-0.25, -0.2) is 15.8 Å². The molecule has 6 heteroatoms. The number of ether oxygens (including phenoxy) is 1. The lowest BCUT2D eigenvalue weighted by molar-refractivity contribution is 0.181. The Morgan fingerprint density at radius 3 is 2.88 bits per heavy atom. The van der Waals surface area contributed by atoms with E-state index in [1.807, 2.05) is 11.8 Å². The molecule has 0 spiro atoms. The van der Waals surface area contributed by atoms with Gasteiger partial charge in [0.25, 0.3) is 0 Å². The van der Waals surface area contributed by atoms with Crippen molar-refractivity contribution in [2.75, 3.05) is 12.5 Å². The number of anilines is 1. The van der Waals surface area contributed by atoms with Crippen LogP contribution >= 0.6 is 11.8 Å². The van der Waals surface area contributed by atoms with E-state index in [4.69, 9.17) is 10.6 Å². The average molecular weight is 256 g/mol. The predicted molar refractivity (Wildman–Crippen MR) is 71.6 cm³/mol. The van der Waals surface area contributed by atoms with Crippen LogP contribution < -0.4 is 11.3 Å². The van der Waals surface area contributed by atoms with Crippen molar-refractivity contribution in [3.05, 3.63) is 17.6 Å². The summed E-state index contributed by atoms with van der Waals surface area (Å²) in [5.41, 5.74) is 3.39. The second kappa shape index (κ2) is 7.47. The average Bonchev–Trinajstić information content (AvgIpc) is 2.36. The third-order valence-electron chi connectivity index (χ3n) is 2.34. The Labute approximate surface area is 107 Å². The fourth-order valence-corrected chi connectivity index (χ4v) is 2.05. The minimum absolute atomic E-state index is 0.470. The van der Waals surface area contributed by atoms with Gasteiger partial charge in [-0.05, 0) is 6.42 Å². The molecule has 96 valence electrons. The summed E-state index contributed by atoms with van der Waals surface area (Å²) < 4.78 is 5.06. The maximum atomic E-state index is 5.38. The molecule has 0 radical (unpaired) electrons. The van der Waals surface area contributed by atoms with Crippen molar-refractivity contribution < 1.29 is 4.74 Å². The molecule has 0 fully saturated rings. The molecule has 0 aliphatic carbocycles. The highest BCUT2D eigenvalue weighted by Gasteiger charge is 2.06. The molecule has 1 unspecified atom stereocenters. The Hall–Kier alpha value is -0.850. The Kier molecular flexibility index (Phi) is 6.25. The van der Waals surface area contributed by atoms with Gasteiger partial charge in [-0.15, -0.1) is 0 Å². The SMILES string of the molecule is CCC(C)SCc1nc(COC)cc(NN)n1. The Morgan fingerprint density at radius 1 is 1.53 bits per heavy atom. The number of nitrogens with zero attached hydrogens (tertiary/aromatic N) is 2. The van der Waals surface area contributed by atoms with Crippen molar-refractivity contribution >= 4 is 17.6 Å². The first kappa shape index (κ1) is 14.2. The highest BCUT2D eigenvalue weighted by atomic mass is 32.2. The molecule has 0 saturated heterocycles. The number of nitrogen functional groups attached to an aromatic ring is 1. The second-order valence-corrected chi connectivity index (χ2v) is 5.19. The molecule has 1 aromatic heterocycles. The first-order valence-corrected chi connectivity index (χ1v) is 6.68. The molecule has 1 heterocycles. The van der Waals surface area contributed by atoms with Gasteiger partial charge in [0.05, 0.1) is 18.1 Å². The van der Waals surface area contributed by atoms with Gasteiger partial charge in [-0.2, -0.15) is 11.8 Å². The van der Waals surface area contributed by atoms with Crippen molar-refractivity contribution in [3.8, 4) is 0 Å². The van der Waals surface area contributed by atoms with Gasteiger partial charge in [0.15, 0.2) is 0 Å². The molecule has 0 saturated carbocycles. The number of hydrazine groups is 1. The van der Waals surface area contributed by atoms with Gasteiger partial charge in [0, 0.05) is 18.4 Å². The number of hydrogen-bond donors (Lipinski definition) is 2. The molecule has 1 aromatic rings. The molecular weight excluding hydrogens is 236 g/mol. The maximum Gasteiger partial charge on any atom is 0.144 e. The highest BCUT2D eigenvalue weighted by molar-refractivity contribution is 7.99. The van der Waals surface area contributed by atoms with Crippen molar-refractivity contribution in [2.45, 2.75) is 37.9 Å². The van der Waals surface area contributed by atoms with E-state index in [2.05, 4.69) is 29.2 Å². The molecule has 0 aromatic carbocycles. The topological polar surface area (TPSA) is 73.1 Å². The summed E-state index contributed by atoms with van der Waals surface area (Å²) in [5, 5.41) is 0.610. The fourth-order valence-electron chi connectivity index (χ4n) is 1.25. The van der Waals surface area contributed by atoms with Crippen LogP contribution in [0.2, 0.25) is 0 Å². The fraction of sp³-hybridized carbons (Fsp3) is 0.636. The monoisotopic (exact) mass is 256 g/mol. The van der Waals surface area contributed by atoms with Crippen LogP contribution in [0, 0.1) is 0 Å². The minimum atomic E-state index is 0.470. The lowest BCUT2D eigenvalue weighted by Crippen LogP contribution is -2.12. The lowest BCUT2D eigenvalue weighted by atomic mass is 10.4. The third-order valence-corrected chi connectivity index (χ3v) is 3.66. The minimum Gasteiger partial charge on any atom is -0.378 e. The molecule has 0 bridgehead atoms. The van der Waals surface area contributed by atoms with E-state index < -0.39 is 0 Å². The zero-order valence-electron chi connectivity index (χ0n) is 10.6. The van der Waals surface area contributed by atoms with Crippen molar-refractivity contribution in [1.82, 2.24) is 9.97 Å². The maximum absolute atomic E-state index is 5.38. The number of rotatable bonds is 7. The Bertz CT molecular complexity index is 348. The lowest BCUT2D eigenvalue weighted by Gasteiger charge is -2.09. The largest absolute Gasteiger partial charge is 0.378 e. The summed E-state index contributed by atoms with van der Waals surface area (Å²) in [7, 11) is 1.64. The Balaban J connectivity index is 2.72. The van der Waals surface area contributed by atoms with E-state index in [0.29, 0.717) is 17.7 Å². The summed E-state index contributed by atoms with van der Waals surface area (Å²) in [6.45, 7) is 4.84. The van der Waals surface area contributed by atoms with Crippen LogP contribution in [0.3, 0.4) is 0 Å². The van der Waals surface area contributed by atoms with Gasteiger partial charge in [-0.3, -0.25) is 0 Å². The molecule has 0 aliphatic rings. The van der Waals surface area contributed by atoms with Crippen LogP contribution in [0.5, 0.6) is 0 Å². The zero-order chi connectivity index (χ0) is 12.7. The van der Waals surface area contributed by atoms with E-state index in [1.54, 1.807) is 13.2 Å². The molecule has 3 N–H and O–H groups in total. The van der Waals surface area contributed by atoms with Crippen LogP contribution in [0.15, 0.2) is 6.07 Å². The number of methoxy groups -OCH3 is 1. The molecule has 0 aliphatic heterocycles. The van der Waals surface area contributed by atoms with Gasteiger partial charge in [-0.1, -0.05) is 13.8 Å². The number of aromatic nitrogens is 2. The third kappa shape index (κ3) is 4.89. The van der Waals surface area contributed by atoms with Crippen LogP contribution in [0.25, 0.3) is 0 Å². The first-order chi connectivity index (χ1) is 8.19. The summed E-state index contributed by atoms with van der Waals surface area (Å²) >= 11 is 1.84. The van der Waals surface area contributed by atoms with E-state index in [9.17, 15) is 0 Å². The standard InChI is InChI=1S/C11H20N4OS/c1-4-8(2)17-7-11-13-9(6-16-3)5-10(14-11)15-12/h5,8H,4,6-7,12H2,1-3H3,(H,13,14,15). The number of hydrogen-bond acceptors (Lipinski definition) is 6. The van der Waals surface area contributed by atoms with Crippen molar-refractivity contribution in [3.63, 3.8) is 0 Å². The molecular formula is C11H20N4OS. The molecule has 1 atom stereocenters. The van der Waals surface area contributed by atoms with Gasteiger partial charge in [0.2, 0.25) is 0 Å². The number of nitrogens with two attached hydrogens (primary N) is 1. The van der Waals surface area contributed by atoms with E-state index in [0.717, 1.165) is 23.7 Å². The summed E-state index contributed by atoms with van der Waals surface area (Å²) in [6, 6.07) is 1.79. The van der Waals surface area contributed by atoms with Gasteiger partial charge >= 0.3 is 0 Å². The first-order valence-electron chi connectivity index (χ1n) is 5.63. The van der Waals surface area contributed by atoms with E-state index in [1.165, 1.54) is 0 Å². The highest BCUT2D eigenvalue weighted by Crippen LogP contribution is 2.19. The zero-order valence-corrected chi connectivity index (χ0v) is 11.4. The molecule has 1 rings (SSSR count). The molecule has 5 nitrogen and oxygen atoms in total. The molecule has 0 amide bonds. The quantitative estimate of drug-likeness (QED) is 0.574. The van der Waals surface area contributed by atoms with E-state index in [-0.39, 0.29) is 0 Å². The Morgan fingerprint density at radius 2 is 2.29 bits per heavy atom. The number of thioether (sulfide) groups is 1. The normalized spacial score (nSPS) is 12.5. The van der Waals surface area contributed by atoms with Crippen molar-refractivity contribution in [1.29, 1.82) is 0 Å². The van der Waals surface area contributed by atoms with Crippen LogP contribution in [-0.2, 0) is 17.1 Å². The molecule has 17 heavy (non-hydrogen) atoms. The van der Waals surface area contributed by atoms with Crippen molar-refractivity contribution in [2.24, 2.45) is 5.84 Å².